The van der Waals surface area contributed by atoms with Crippen LogP contribution in [0.2, 0.25) is 0 Å². The Morgan fingerprint density at radius 3 is 2.38 bits per heavy atom. The second kappa shape index (κ2) is 8.67. The molecule has 1 amide bonds. The molecule has 6 heteroatoms. The molecular weight excluding hydrogens is 384 g/mol. The molecule has 154 valence electrons. The van der Waals surface area contributed by atoms with E-state index in [1.54, 1.807) is 16.4 Å². The van der Waals surface area contributed by atoms with Gasteiger partial charge in [0.2, 0.25) is 15.9 Å². The van der Waals surface area contributed by atoms with Gasteiger partial charge in [0, 0.05) is 26.1 Å². The van der Waals surface area contributed by atoms with Crippen LogP contribution in [0.15, 0.2) is 59.5 Å². The van der Waals surface area contributed by atoms with Gasteiger partial charge in [0.15, 0.2) is 0 Å². The van der Waals surface area contributed by atoms with E-state index in [2.05, 4.69) is 29.6 Å². The van der Waals surface area contributed by atoms with Gasteiger partial charge in [-0.2, -0.15) is 4.31 Å². The molecule has 0 spiro atoms. The van der Waals surface area contributed by atoms with Gasteiger partial charge in [-0.3, -0.25) is 4.79 Å². The standard InChI is InChI=1S/C23H28N2O3S/c26-23(24-17-20-16-22(20)19-6-2-1-3-7-19)13-10-18-8-11-21(12-9-18)29(27,28)25-14-4-5-15-25/h1-3,6-9,11-12,20,22H,4-5,10,13-17H2,(H,24,26). The zero-order valence-electron chi connectivity index (χ0n) is 16.6. The number of carbonyl (C=O) groups is 1. The highest BCUT2D eigenvalue weighted by Crippen LogP contribution is 2.46. The molecular formula is C23H28N2O3S. The van der Waals surface area contributed by atoms with Gasteiger partial charge in [0.1, 0.15) is 0 Å². The molecule has 1 saturated carbocycles. The van der Waals surface area contributed by atoms with Crippen LogP contribution in [0.4, 0.5) is 0 Å². The number of sulfonamides is 1. The number of amides is 1. The summed E-state index contributed by atoms with van der Waals surface area (Å²) in [5, 5.41) is 3.05. The average Bonchev–Trinajstić information content (AvgIpc) is 3.30. The van der Waals surface area contributed by atoms with Gasteiger partial charge in [-0.1, -0.05) is 42.5 Å². The maximum Gasteiger partial charge on any atom is 0.243 e. The monoisotopic (exact) mass is 412 g/mol. The zero-order chi connectivity index (χ0) is 20.3. The van der Waals surface area contributed by atoms with Crippen molar-refractivity contribution in [3.8, 4) is 0 Å². The van der Waals surface area contributed by atoms with Gasteiger partial charge >= 0.3 is 0 Å². The summed E-state index contributed by atoms with van der Waals surface area (Å²) in [6.07, 6.45) is 4.03. The molecule has 0 bridgehead atoms. The predicted molar refractivity (Wildman–Crippen MR) is 113 cm³/mol. The topological polar surface area (TPSA) is 66.5 Å². The Labute approximate surface area is 173 Å². The molecule has 2 aliphatic rings. The largest absolute Gasteiger partial charge is 0.356 e. The summed E-state index contributed by atoms with van der Waals surface area (Å²) in [5.41, 5.74) is 2.34. The zero-order valence-corrected chi connectivity index (χ0v) is 17.4. The molecule has 4 rings (SSSR count). The van der Waals surface area contributed by atoms with Crippen LogP contribution >= 0.6 is 0 Å². The van der Waals surface area contributed by atoms with Gasteiger partial charge in [0.05, 0.1) is 4.90 Å². The fourth-order valence-corrected chi connectivity index (χ4v) is 5.60. The summed E-state index contributed by atoms with van der Waals surface area (Å²) in [7, 11) is -3.37. The quantitative estimate of drug-likeness (QED) is 0.723. The van der Waals surface area contributed by atoms with Crippen molar-refractivity contribution < 1.29 is 13.2 Å². The molecule has 0 aromatic heterocycles. The first-order valence-corrected chi connectivity index (χ1v) is 11.9. The molecule has 2 aromatic rings. The molecule has 1 heterocycles. The van der Waals surface area contributed by atoms with Crippen molar-refractivity contribution in [3.05, 3.63) is 65.7 Å². The first-order chi connectivity index (χ1) is 14.0. The second-order valence-electron chi connectivity index (χ2n) is 8.07. The normalized spacial score (nSPS) is 21.8. The Hall–Kier alpha value is -2.18. The molecule has 2 atom stereocenters. The number of hydrogen-bond acceptors (Lipinski definition) is 3. The van der Waals surface area contributed by atoms with Crippen molar-refractivity contribution in [2.24, 2.45) is 5.92 Å². The molecule has 1 N–H and O–H groups in total. The minimum Gasteiger partial charge on any atom is -0.356 e. The summed E-state index contributed by atoms with van der Waals surface area (Å²) in [6.45, 7) is 1.94. The Kier molecular flexibility index (Phi) is 6.01. The van der Waals surface area contributed by atoms with Crippen LogP contribution in [-0.2, 0) is 21.2 Å². The van der Waals surface area contributed by atoms with Crippen molar-refractivity contribution in [1.82, 2.24) is 9.62 Å². The van der Waals surface area contributed by atoms with Crippen molar-refractivity contribution in [3.63, 3.8) is 0 Å². The van der Waals surface area contributed by atoms with E-state index in [4.69, 9.17) is 0 Å². The smallest absolute Gasteiger partial charge is 0.243 e. The number of carbonyl (C=O) groups excluding carboxylic acids is 1. The predicted octanol–water partition coefficient (Wildman–Crippen LogP) is 3.32. The van der Waals surface area contributed by atoms with Crippen molar-refractivity contribution in [2.75, 3.05) is 19.6 Å². The highest BCUT2D eigenvalue weighted by Gasteiger charge is 2.37. The van der Waals surface area contributed by atoms with Gasteiger partial charge in [-0.15, -0.1) is 0 Å². The highest BCUT2D eigenvalue weighted by molar-refractivity contribution is 7.89. The molecule has 0 radical (unpaired) electrons. The maximum absolute atomic E-state index is 12.6. The SMILES string of the molecule is O=C(CCc1ccc(S(=O)(=O)N2CCCC2)cc1)NCC1CC1c1ccccc1. The maximum atomic E-state index is 12.6. The summed E-state index contributed by atoms with van der Waals surface area (Å²) >= 11 is 0. The Morgan fingerprint density at radius 1 is 1.00 bits per heavy atom. The van der Waals surface area contributed by atoms with E-state index in [0.717, 1.165) is 31.4 Å². The lowest BCUT2D eigenvalue weighted by Crippen LogP contribution is -2.27. The van der Waals surface area contributed by atoms with E-state index in [9.17, 15) is 13.2 Å². The number of aryl methyl sites for hydroxylation is 1. The van der Waals surface area contributed by atoms with Crippen LogP contribution in [0.25, 0.3) is 0 Å². The highest BCUT2D eigenvalue weighted by atomic mass is 32.2. The van der Waals surface area contributed by atoms with Crippen LogP contribution in [0, 0.1) is 5.92 Å². The molecule has 2 aromatic carbocycles. The fraction of sp³-hybridized carbons (Fsp3) is 0.435. The van der Waals surface area contributed by atoms with Gasteiger partial charge in [-0.05, 0) is 60.8 Å². The van der Waals surface area contributed by atoms with E-state index < -0.39 is 10.0 Å². The third-order valence-corrected chi connectivity index (χ3v) is 7.89. The van der Waals surface area contributed by atoms with Gasteiger partial charge in [-0.25, -0.2) is 8.42 Å². The van der Waals surface area contributed by atoms with Crippen LogP contribution in [0.3, 0.4) is 0 Å². The lowest BCUT2D eigenvalue weighted by molar-refractivity contribution is -0.121. The Bertz CT molecular complexity index is 936. The van der Waals surface area contributed by atoms with Crippen LogP contribution in [0.5, 0.6) is 0 Å². The van der Waals surface area contributed by atoms with E-state index in [0.29, 0.717) is 42.7 Å². The minimum absolute atomic E-state index is 0.0532. The second-order valence-corrected chi connectivity index (χ2v) is 10.0. The van der Waals surface area contributed by atoms with E-state index in [1.807, 2.05) is 18.2 Å². The lowest BCUT2D eigenvalue weighted by Gasteiger charge is -2.15. The van der Waals surface area contributed by atoms with E-state index in [-0.39, 0.29) is 5.91 Å². The molecule has 1 aliphatic carbocycles. The number of benzene rings is 2. The van der Waals surface area contributed by atoms with Gasteiger partial charge in [0.25, 0.3) is 0 Å². The fourth-order valence-electron chi connectivity index (χ4n) is 4.08. The first-order valence-electron chi connectivity index (χ1n) is 10.4. The number of hydrogen-bond donors (Lipinski definition) is 1. The summed E-state index contributed by atoms with van der Waals surface area (Å²) in [6, 6.07) is 17.4. The van der Waals surface area contributed by atoms with Crippen LogP contribution in [0.1, 0.15) is 42.7 Å². The van der Waals surface area contributed by atoms with Gasteiger partial charge < -0.3 is 5.32 Å². The van der Waals surface area contributed by atoms with Crippen LogP contribution < -0.4 is 5.32 Å². The molecule has 29 heavy (non-hydrogen) atoms. The molecule has 1 aliphatic heterocycles. The number of nitrogens with one attached hydrogen (secondary N) is 1. The third kappa shape index (κ3) is 4.87. The molecule has 2 unspecified atom stereocenters. The summed E-state index contributed by atoms with van der Waals surface area (Å²) in [4.78, 5) is 12.5. The third-order valence-electron chi connectivity index (χ3n) is 5.98. The van der Waals surface area contributed by atoms with Crippen molar-refractivity contribution in [2.45, 2.75) is 42.9 Å². The average molecular weight is 413 g/mol. The number of nitrogens with zero attached hydrogens (tertiary/aromatic N) is 1. The summed E-state index contributed by atoms with van der Waals surface area (Å²) < 4.78 is 26.7. The minimum atomic E-state index is -3.37. The summed E-state index contributed by atoms with van der Waals surface area (Å²) in [5.74, 6) is 1.16. The lowest BCUT2D eigenvalue weighted by atomic mass is 10.1. The van der Waals surface area contributed by atoms with Crippen molar-refractivity contribution in [1.29, 1.82) is 0 Å². The van der Waals surface area contributed by atoms with Crippen molar-refractivity contribution >= 4 is 15.9 Å². The molecule has 1 saturated heterocycles. The molecule has 2 fully saturated rings. The molecule has 5 nitrogen and oxygen atoms in total. The number of rotatable bonds is 8. The Morgan fingerprint density at radius 2 is 1.69 bits per heavy atom. The van der Waals surface area contributed by atoms with E-state index in [1.165, 1.54) is 5.56 Å². The van der Waals surface area contributed by atoms with E-state index >= 15 is 0 Å². The van der Waals surface area contributed by atoms with Crippen LogP contribution in [-0.4, -0.2) is 38.3 Å². The first kappa shape index (κ1) is 20.1. The Balaban J connectivity index is 1.22.